The number of aryl methyl sites for hydroxylation is 1. The molecule has 0 aliphatic rings. The van der Waals surface area contributed by atoms with Gasteiger partial charge in [-0.1, -0.05) is 0 Å². The average molecular weight is 157 g/mol. The van der Waals surface area contributed by atoms with E-state index in [1.165, 1.54) is 10.9 Å². The van der Waals surface area contributed by atoms with Gasteiger partial charge >= 0.3 is 0 Å². The highest BCUT2D eigenvalue weighted by atomic mass is 32.1. The van der Waals surface area contributed by atoms with Crippen molar-refractivity contribution in [3.05, 3.63) is 11.8 Å². The van der Waals surface area contributed by atoms with Gasteiger partial charge in [-0.15, -0.1) is 12.6 Å². The van der Waals surface area contributed by atoms with Gasteiger partial charge in [-0.2, -0.15) is 5.10 Å². The summed E-state index contributed by atoms with van der Waals surface area (Å²) in [6, 6.07) is 0. The van der Waals surface area contributed by atoms with E-state index in [0.29, 0.717) is 10.6 Å². The van der Waals surface area contributed by atoms with Gasteiger partial charge in [-0.25, -0.2) is 0 Å². The number of nitrogens with zero attached hydrogens (tertiary/aromatic N) is 2. The highest BCUT2D eigenvalue weighted by Gasteiger charge is 2.08. The molecule has 0 unspecified atom stereocenters. The maximum atomic E-state index is 10.6. The molecule has 0 aromatic carbocycles. The zero-order valence-electron chi connectivity index (χ0n) is 5.40. The predicted octanol–water partition coefficient (Wildman–Crippen LogP) is -0.192. The Morgan fingerprint density at radius 1 is 1.90 bits per heavy atom. The van der Waals surface area contributed by atoms with Crippen LogP contribution in [0.3, 0.4) is 0 Å². The molecule has 54 valence electrons. The van der Waals surface area contributed by atoms with E-state index in [0.717, 1.165) is 0 Å². The Labute approximate surface area is 63.4 Å². The van der Waals surface area contributed by atoms with Crippen LogP contribution in [0.1, 0.15) is 10.4 Å². The topological polar surface area (TPSA) is 60.9 Å². The van der Waals surface area contributed by atoms with E-state index in [1.807, 2.05) is 0 Å². The summed E-state index contributed by atoms with van der Waals surface area (Å²) in [5.74, 6) is -0.502. The summed E-state index contributed by atoms with van der Waals surface area (Å²) >= 11 is 4.00. The minimum atomic E-state index is -0.502. The van der Waals surface area contributed by atoms with Gasteiger partial charge < -0.3 is 5.73 Å². The van der Waals surface area contributed by atoms with Crippen LogP contribution in [0, 0.1) is 0 Å². The first-order valence-corrected chi connectivity index (χ1v) is 3.08. The van der Waals surface area contributed by atoms with E-state index in [2.05, 4.69) is 17.7 Å². The van der Waals surface area contributed by atoms with Crippen LogP contribution in [-0.2, 0) is 7.05 Å². The van der Waals surface area contributed by atoms with E-state index in [9.17, 15) is 4.79 Å². The number of aromatic nitrogens is 2. The van der Waals surface area contributed by atoms with Crippen molar-refractivity contribution in [1.82, 2.24) is 9.78 Å². The minimum absolute atomic E-state index is 0.353. The van der Waals surface area contributed by atoms with Crippen molar-refractivity contribution in [3.63, 3.8) is 0 Å². The number of carbonyl (C=O) groups excluding carboxylic acids is 1. The Hall–Kier alpha value is -0.970. The number of hydrogen-bond acceptors (Lipinski definition) is 3. The van der Waals surface area contributed by atoms with Crippen molar-refractivity contribution in [1.29, 1.82) is 0 Å². The summed E-state index contributed by atoms with van der Waals surface area (Å²) in [5.41, 5.74) is 5.34. The number of thiol groups is 1. The van der Waals surface area contributed by atoms with Gasteiger partial charge in [-0.3, -0.25) is 9.48 Å². The van der Waals surface area contributed by atoms with E-state index in [4.69, 9.17) is 5.73 Å². The highest BCUT2D eigenvalue weighted by molar-refractivity contribution is 7.80. The predicted molar refractivity (Wildman–Crippen MR) is 39.0 cm³/mol. The van der Waals surface area contributed by atoms with Crippen molar-refractivity contribution >= 4 is 18.5 Å². The lowest BCUT2D eigenvalue weighted by Crippen LogP contribution is -2.10. The molecular weight excluding hydrogens is 150 g/mol. The molecule has 0 spiro atoms. The number of primary amides is 1. The van der Waals surface area contributed by atoms with Crippen molar-refractivity contribution in [2.45, 2.75) is 5.03 Å². The van der Waals surface area contributed by atoms with E-state index in [-0.39, 0.29) is 0 Å². The standard InChI is InChI=1S/C5H7N3OS/c1-8-5(10)3(2-7-8)4(6)9/h2,10H,1H3,(H2,6,9). The molecule has 1 aromatic heterocycles. The van der Waals surface area contributed by atoms with Crippen LogP contribution in [0.5, 0.6) is 0 Å². The van der Waals surface area contributed by atoms with Crippen LogP contribution in [-0.4, -0.2) is 15.7 Å². The fourth-order valence-corrected chi connectivity index (χ4v) is 0.824. The molecule has 0 atom stereocenters. The molecule has 2 N–H and O–H groups in total. The van der Waals surface area contributed by atoms with Crippen LogP contribution < -0.4 is 5.73 Å². The molecule has 0 saturated carbocycles. The van der Waals surface area contributed by atoms with E-state index >= 15 is 0 Å². The van der Waals surface area contributed by atoms with E-state index < -0.39 is 5.91 Å². The zero-order chi connectivity index (χ0) is 7.72. The molecule has 4 nitrogen and oxygen atoms in total. The van der Waals surface area contributed by atoms with E-state index in [1.54, 1.807) is 7.05 Å². The molecule has 10 heavy (non-hydrogen) atoms. The molecular formula is C5H7N3OS. The average Bonchev–Trinajstić information content (AvgIpc) is 2.14. The first-order chi connectivity index (χ1) is 4.63. The summed E-state index contributed by atoms with van der Waals surface area (Å²) in [5, 5.41) is 4.27. The third-order valence-electron chi connectivity index (χ3n) is 1.17. The summed E-state index contributed by atoms with van der Waals surface area (Å²) in [6.07, 6.45) is 1.39. The fourth-order valence-electron chi connectivity index (χ4n) is 0.605. The first-order valence-electron chi connectivity index (χ1n) is 2.63. The number of amides is 1. The normalized spacial score (nSPS) is 9.80. The lowest BCUT2D eigenvalue weighted by molar-refractivity contribution is 0.0997. The van der Waals surface area contributed by atoms with Crippen LogP contribution in [0.15, 0.2) is 11.2 Å². The first kappa shape index (κ1) is 7.14. The molecule has 1 aromatic rings. The van der Waals surface area contributed by atoms with Gasteiger partial charge in [0.15, 0.2) is 0 Å². The summed E-state index contributed by atoms with van der Waals surface area (Å²) in [7, 11) is 1.69. The number of nitrogens with two attached hydrogens (primary N) is 1. The Morgan fingerprint density at radius 3 is 2.70 bits per heavy atom. The third-order valence-corrected chi connectivity index (χ3v) is 1.70. The Morgan fingerprint density at radius 2 is 2.50 bits per heavy atom. The monoisotopic (exact) mass is 157 g/mol. The van der Waals surface area contributed by atoms with Crippen molar-refractivity contribution in [3.8, 4) is 0 Å². The summed E-state index contributed by atoms with van der Waals surface area (Å²) in [4.78, 5) is 10.6. The van der Waals surface area contributed by atoms with Gasteiger partial charge in [0.25, 0.3) is 5.91 Å². The molecule has 1 rings (SSSR count). The largest absolute Gasteiger partial charge is 0.365 e. The van der Waals surface area contributed by atoms with Crippen molar-refractivity contribution in [2.75, 3.05) is 0 Å². The van der Waals surface area contributed by atoms with Gasteiger partial charge in [-0.05, 0) is 0 Å². The number of rotatable bonds is 1. The molecule has 0 saturated heterocycles. The van der Waals surface area contributed by atoms with Crippen LogP contribution >= 0.6 is 12.6 Å². The second-order valence-electron chi connectivity index (χ2n) is 1.87. The van der Waals surface area contributed by atoms with Gasteiger partial charge in [0.05, 0.1) is 11.8 Å². The van der Waals surface area contributed by atoms with Crippen molar-refractivity contribution < 1.29 is 4.79 Å². The van der Waals surface area contributed by atoms with Crippen LogP contribution in [0.2, 0.25) is 0 Å². The highest BCUT2D eigenvalue weighted by Crippen LogP contribution is 2.09. The van der Waals surface area contributed by atoms with Gasteiger partial charge in [0.2, 0.25) is 0 Å². The molecule has 5 heteroatoms. The summed E-state index contributed by atoms with van der Waals surface area (Å²) < 4.78 is 1.48. The molecule has 0 radical (unpaired) electrons. The minimum Gasteiger partial charge on any atom is -0.365 e. The van der Waals surface area contributed by atoms with Crippen LogP contribution in [0.25, 0.3) is 0 Å². The quantitative estimate of drug-likeness (QED) is 0.555. The van der Waals surface area contributed by atoms with Gasteiger partial charge in [0.1, 0.15) is 5.03 Å². The Balaban J connectivity index is 3.17. The second-order valence-corrected chi connectivity index (χ2v) is 2.29. The van der Waals surface area contributed by atoms with Crippen molar-refractivity contribution in [2.24, 2.45) is 12.8 Å². The SMILES string of the molecule is Cn1ncc(C(N)=O)c1S. The summed E-state index contributed by atoms with van der Waals surface area (Å²) in [6.45, 7) is 0. The smallest absolute Gasteiger partial charge is 0.253 e. The zero-order valence-corrected chi connectivity index (χ0v) is 6.30. The maximum absolute atomic E-state index is 10.6. The molecule has 0 fully saturated rings. The molecule has 0 aliphatic carbocycles. The lowest BCUT2D eigenvalue weighted by atomic mass is 10.3. The third kappa shape index (κ3) is 0.995. The Kier molecular flexibility index (Phi) is 1.67. The lowest BCUT2D eigenvalue weighted by Gasteiger charge is -1.92. The maximum Gasteiger partial charge on any atom is 0.253 e. The molecule has 0 aliphatic heterocycles. The van der Waals surface area contributed by atoms with Gasteiger partial charge in [0, 0.05) is 7.05 Å². The molecule has 0 bridgehead atoms. The molecule has 1 amide bonds. The van der Waals surface area contributed by atoms with Crippen LogP contribution in [0.4, 0.5) is 0 Å². The second kappa shape index (κ2) is 2.34. The Bertz CT molecular complexity index is 268. The number of hydrogen-bond donors (Lipinski definition) is 2. The molecule has 1 heterocycles. The number of carbonyl (C=O) groups is 1. The fraction of sp³-hybridized carbons (Fsp3) is 0.200.